The lowest BCUT2D eigenvalue weighted by molar-refractivity contribution is 0.0961. The van der Waals surface area contributed by atoms with Gasteiger partial charge in [-0.1, -0.05) is 61.9 Å². The molecule has 1 unspecified atom stereocenters. The Morgan fingerprint density at radius 3 is 2.45 bits per heavy atom. The maximum Gasteiger partial charge on any atom is 0.179 e. The smallest absolute Gasteiger partial charge is 0.179 e. The zero-order chi connectivity index (χ0) is 14.4. The van der Waals surface area contributed by atoms with E-state index < -0.39 is 6.04 Å². The number of benzene rings is 2. The number of ketones is 1. The Hall–Kier alpha value is -1.93. The quantitative estimate of drug-likeness (QED) is 0.815. The molecule has 104 valence electrons. The summed E-state index contributed by atoms with van der Waals surface area (Å²) >= 11 is 0. The summed E-state index contributed by atoms with van der Waals surface area (Å²) in [4.78, 5) is 12.4. The van der Waals surface area contributed by atoms with E-state index in [1.165, 1.54) is 5.56 Å². The average molecular weight is 267 g/mol. The standard InChI is InChI=1S/C18H21NO/c1-2-7-14-10-6-11-16(12-14)18(20)17(19)13-15-8-4-3-5-9-15/h3-6,8-12,17H,2,7,13,19H2,1H3. The Morgan fingerprint density at radius 2 is 1.75 bits per heavy atom. The summed E-state index contributed by atoms with van der Waals surface area (Å²) < 4.78 is 0. The van der Waals surface area contributed by atoms with E-state index in [-0.39, 0.29) is 5.78 Å². The monoisotopic (exact) mass is 267 g/mol. The van der Waals surface area contributed by atoms with E-state index in [0.29, 0.717) is 6.42 Å². The summed E-state index contributed by atoms with van der Waals surface area (Å²) in [6.45, 7) is 2.13. The lowest BCUT2D eigenvalue weighted by Gasteiger charge is -2.11. The van der Waals surface area contributed by atoms with Crippen molar-refractivity contribution < 1.29 is 4.79 Å². The SMILES string of the molecule is CCCc1cccc(C(=O)C(N)Cc2ccccc2)c1. The number of nitrogens with two attached hydrogens (primary N) is 1. The topological polar surface area (TPSA) is 43.1 Å². The Morgan fingerprint density at radius 1 is 1.05 bits per heavy atom. The van der Waals surface area contributed by atoms with Gasteiger partial charge in [0.2, 0.25) is 0 Å². The number of rotatable bonds is 6. The fourth-order valence-electron chi connectivity index (χ4n) is 2.34. The Kier molecular flexibility index (Phi) is 5.08. The van der Waals surface area contributed by atoms with Crippen LogP contribution in [0.1, 0.15) is 34.8 Å². The van der Waals surface area contributed by atoms with E-state index in [0.717, 1.165) is 24.0 Å². The van der Waals surface area contributed by atoms with Gasteiger partial charge in [0.25, 0.3) is 0 Å². The molecule has 2 heteroatoms. The Bertz CT molecular complexity index is 563. The van der Waals surface area contributed by atoms with Crippen molar-refractivity contribution in [2.75, 3.05) is 0 Å². The van der Waals surface area contributed by atoms with Gasteiger partial charge in [0.1, 0.15) is 0 Å². The molecular formula is C18H21NO. The van der Waals surface area contributed by atoms with E-state index in [9.17, 15) is 4.79 Å². The molecule has 0 saturated heterocycles. The molecule has 2 N–H and O–H groups in total. The van der Waals surface area contributed by atoms with Gasteiger partial charge in [-0.2, -0.15) is 0 Å². The maximum atomic E-state index is 12.4. The van der Waals surface area contributed by atoms with Gasteiger partial charge in [-0.05, 0) is 30.0 Å². The second-order valence-electron chi connectivity index (χ2n) is 5.11. The number of Topliss-reactive ketones (excluding diaryl/α,β-unsaturated/α-hetero) is 1. The summed E-state index contributed by atoms with van der Waals surface area (Å²) in [5.74, 6) is 0.0202. The third-order valence-corrected chi connectivity index (χ3v) is 3.39. The molecule has 0 fully saturated rings. The molecule has 0 heterocycles. The zero-order valence-corrected chi connectivity index (χ0v) is 11.9. The van der Waals surface area contributed by atoms with Crippen LogP contribution in [0.3, 0.4) is 0 Å². The predicted octanol–water partition coefficient (Wildman–Crippen LogP) is 3.39. The van der Waals surface area contributed by atoms with Crippen LogP contribution in [-0.2, 0) is 12.8 Å². The number of carbonyl (C=O) groups excluding carboxylic acids is 1. The minimum atomic E-state index is -0.478. The van der Waals surface area contributed by atoms with E-state index >= 15 is 0 Å². The highest BCUT2D eigenvalue weighted by molar-refractivity contribution is 6.00. The molecule has 2 nitrogen and oxygen atoms in total. The van der Waals surface area contributed by atoms with Gasteiger partial charge in [0.05, 0.1) is 6.04 Å². The number of hydrogen-bond donors (Lipinski definition) is 1. The van der Waals surface area contributed by atoms with Gasteiger partial charge < -0.3 is 5.73 Å². The number of hydrogen-bond acceptors (Lipinski definition) is 2. The second-order valence-corrected chi connectivity index (χ2v) is 5.11. The molecule has 0 aliphatic heterocycles. The number of aryl methyl sites for hydroxylation is 1. The van der Waals surface area contributed by atoms with Gasteiger partial charge in [0.15, 0.2) is 5.78 Å². The van der Waals surface area contributed by atoms with Crippen LogP contribution in [0.4, 0.5) is 0 Å². The summed E-state index contributed by atoms with van der Waals surface area (Å²) in [6.07, 6.45) is 2.65. The van der Waals surface area contributed by atoms with Crippen molar-refractivity contribution in [2.45, 2.75) is 32.2 Å². The molecule has 2 aromatic rings. The van der Waals surface area contributed by atoms with Crippen molar-refractivity contribution in [1.82, 2.24) is 0 Å². The highest BCUT2D eigenvalue weighted by Crippen LogP contribution is 2.11. The minimum Gasteiger partial charge on any atom is -0.321 e. The second kappa shape index (κ2) is 7.01. The van der Waals surface area contributed by atoms with E-state index in [1.807, 2.05) is 48.5 Å². The van der Waals surface area contributed by atoms with Crippen LogP contribution < -0.4 is 5.73 Å². The molecule has 0 aliphatic carbocycles. The molecule has 2 rings (SSSR count). The first kappa shape index (κ1) is 14.5. The molecule has 0 aliphatic rings. The average Bonchev–Trinajstić information content (AvgIpc) is 2.48. The van der Waals surface area contributed by atoms with Crippen molar-refractivity contribution in [2.24, 2.45) is 5.73 Å². The molecular weight excluding hydrogens is 246 g/mol. The van der Waals surface area contributed by atoms with Crippen LogP contribution in [-0.4, -0.2) is 11.8 Å². The summed E-state index contributed by atoms with van der Waals surface area (Å²) in [6, 6.07) is 17.2. The normalized spacial score (nSPS) is 12.1. The molecule has 1 atom stereocenters. The van der Waals surface area contributed by atoms with Gasteiger partial charge in [-0.25, -0.2) is 0 Å². The summed E-state index contributed by atoms with van der Waals surface area (Å²) in [7, 11) is 0. The summed E-state index contributed by atoms with van der Waals surface area (Å²) in [5.41, 5.74) is 9.07. The van der Waals surface area contributed by atoms with E-state index in [1.54, 1.807) is 0 Å². The molecule has 0 spiro atoms. The fourth-order valence-corrected chi connectivity index (χ4v) is 2.34. The van der Waals surface area contributed by atoms with Gasteiger partial charge in [0, 0.05) is 5.56 Å². The first-order valence-corrected chi connectivity index (χ1v) is 7.13. The van der Waals surface area contributed by atoms with E-state index in [2.05, 4.69) is 13.0 Å². The molecule has 2 aromatic carbocycles. The molecule has 0 amide bonds. The van der Waals surface area contributed by atoms with Crippen LogP contribution in [0.5, 0.6) is 0 Å². The van der Waals surface area contributed by atoms with Crippen LogP contribution >= 0.6 is 0 Å². The minimum absolute atomic E-state index is 0.0202. The van der Waals surface area contributed by atoms with Crippen LogP contribution in [0.25, 0.3) is 0 Å². The molecule has 0 aromatic heterocycles. The van der Waals surface area contributed by atoms with Crippen molar-refractivity contribution >= 4 is 5.78 Å². The molecule has 0 saturated carbocycles. The van der Waals surface area contributed by atoms with Crippen molar-refractivity contribution in [1.29, 1.82) is 0 Å². The number of carbonyl (C=O) groups is 1. The lowest BCUT2D eigenvalue weighted by Crippen LogP contribution is -2.32. The van der Waals surface area contributed by atoms with Crippen LogP contribution in [0.2, 0.25) is 0 Å². The van der Waals surface area contributed by atoms with Gasteiger partial charge in [-0.3, -0.25) is 4.79 Å². The zero-order valence-electron chi connectivity index (χ0n) is 11.9. The highest BCUT2D eigenvalue weighted by Gasteiger charge is 2.16. The first-order valence-electron chi connectivity index (χ1n) is 7.13. The molecule has 20 heavy (non-hydrogen) atoms. The first-order chi connectivity index (χ1) is 9.70. The summed E-state index contributed by atoms with van der Waals surface area (Å²) in [5, 5.41) is 0. The molecule has 0 radical (unpaired) electrons. The Labute approximate surface area is 120 Å². The largest absolute Gasteiger partial charge is 0.321 e. The third-order valence-electron chi connectivity index (χ3n) is 3.39. The van der Waals surface area contributed by atoms with E-state index in [4.69, 9.17) is 5.73 Å². The Balaban J connectivity index is 2.08. The van der Waals surface area contributed by atoms with Crippen LogP contribution in [0, 0.1) is 0 Å². The van der Waals surface area contributed by atoms with Crippen molar-refractivity contribution in [3.05, 3.63) is 71.3 Å². The molecule has 0 bridgehead atoms. The van der Waals surface area contributed by atoms with Gasteiger partial charge in [-0.15, -0.1) is 0 Å². The third kappa shape index (κ3) is 3.78. The maximum absolute atomic E-state index is 12.4. The highest BCUT2D eigenvalue weighted by atomic mass is 16.1. The lowest BCUT2D eigenvalue weighted by atomic mass is 9.96. The van der Waals surface area contributed by atoms with Gasteiger partial charge >= 0.3 is 0 Å². The predicted molar refractivity (Wildman–Crippen MR) is 82.9 cm³/mol. The van der Waals surface area contributed by atoms with Crippen molar-refractivity contribution in [3.8, 4) is 0 Å². The fraction of sp³-hybridized carbons (Fsp3) is 0.278. The van der Waals surface area contributed by atoms with Crippen molar-refractivity contribution in [3.63, 3.8) is 0 Å². The van der Waals surface area contributed by atoms with Crippen LogP contribution in [0.15, 0.2) is 54.6 Å².